The molecule has 2 saturated heterocycles. The molecule has 1 unspecified atom stereocenters. The monoisotopic (exact) mass is 602 g/mol. The van der Waals surface area contributed by atoms with Gasteiger partial charge in [-0.05, 0) is 60.4 Å². The molecule has 0 aliphatic carbocycles. The first-order valence-electron chi connectivity index (χ1n) is 13.6. The Balaban J connectivity index is 1.45. The van der Waals surface area contributed by atoms with Crippen LogP contribution in [-0.4, -0.2) is 56.9 Å². The van der Waals surface area contributed by atoms with Gasteiger partial charge in [-0.1, -0.05) is 31.2 Å². The lowest BCUT2D eigenvalue weighted by Crippen LogP contribution is -2.43. The fraction of sp³-hybridized carbons (Fsp3) is 0.448. The van der Waals surface area contributed by atoms with E-state index < -0.39 is 26.8 Å². The van der Waals surface area contributed by atoms with Crippen molar-refractivity contribution in [2.45, 2.75) is 56.5 Å². The summed E-state index contributed by atoms with van der Waals surface area (Å²) in [6.07, 6.45) is 2.72. The zero-order valence-electron chi connectivity index (χ0n) is 22.5. The lowest BCUT2D eigenvalue weighted by Gasteiger charge is -2.31. The highest BCUT2D eigenvalue weighted by Crippen LogP contribution is 2.45. The number of hydrogen-bond acceptors (Lipinski definition) is 8. The molecular weight excluding hydrogens is 569 g/mol. The summed E-state index contributed by atoms with van der Waals surface area (Å²) in [5, 5.41) is 3.59. The molecule has 5 rings (SSSR count). The minimum absolute atomic E-state index is 0.0729. The number of hydrogen-bond donors (Lipinski definition) is 1. The Labute approximate surface area is 243 Å². The Morgan fingerprint density at radius 3 is 2.65 bits per heavy atom. The first-order chi connectivity index (χ1) is 19.3. The van der Waals surface area contributed by atoms with Gasteiger partial charge in [0.25, 0.3) is 5.91 Å². The summed E-state index contributed by atoms with van der Waals surface area (Å²) in [4.78, 5) is 35.0. The normalized spacial score (nSPS) is 22.9. The number of benzene rings is 1. The molecule has 3 aromatic rings. The predicted molar refractivity (Wildman–Crippen MR) is 157 cm³/mol. The molecule has 0 bridgehead atoms. The molecule has 0 saturated carbocycles. The molecule has 11 heteroatoms. The summed E-state index contributed by atoms with van der Waals surface area (Å²) in [6.45, 7) is 2.94. The molecule has 40 heavy (non-hydrogen) atoms. The van der Waals surface area contributed by atoms with E-state index in [0.717, 1.165) is 29.7 Å². The van der Waals surface area contributed by atoms with Crippen molar-refractivity contribution in [2.24, 2.45) is 0 Å². The summed E-state index contributed by atoms with van der Waals surface area (Å²) in [6, 6.07) is 13.7. The lowest BCUT2D eigenvalue weighted by molar-refractivity contribution is -0.200. The number of rotatable bonds is 8. The maximum absolute atomic E-state index is 14.1. The average Bonchev–Trinajstić information content (AvgIpc) is 3.67. The van der Waals surface area contributed by atoms with Crippen LogP contribution in [0.25, 0.3) is 10.4 Å². The van der Waals surface area contributed by atoms with Crippen LogP contribution in [0.2, 0.25) is 0 Å². The Morgan fingerprint density at radius 1 is 1.12 bits per heavy atom. The Morgan fingerprint density at radius 2 is 1.95 bits per heavy atom. The maximum atomic E-state index is 14.1. The summed E-state index contributed by atoms with van der Waals surface area (Å²) in [7, 11) is -3.86. The third kappa shape index (κ3) is 6.18. The lowest BCUT2D eigenvalue weighted by atomic mass is 9.97. The SMILES string of the molecule is CCc1ccc(-c2ccc([C@@]3(CC(=O)NOC4CCCCO4)CCN(C(=O)c4ccsc4)CCS3(=O)=O)s2)cc1. The largest absolute Gasteiger partial charge is 0.350 e. The molecular formula is C29H34N2O6S3. The second-order valence-corrected chi connectivity index (χ2v) is 14.5. The number of aryl methyl sites for hydroxylation is 1. The van der Waals surface area contributed by atoms with Gasteiger partial charge in [-0.3, -0.25) is 9.59 Å². The van der Waals surface area contributed by atoms with Gasteiger partial charge < -0.3 is 9.64 Å². The van der Waals surface area contributed by atoms with E-state index >= 15 is 0 Å². The van der Waals surface area contributed by atoms with Crippen molar-refractivity contribution in [2.75, 3.05) is 25.4 Å². The number of carbonyl (C=O) groups excluding carboxylic acids is 2. The minimum Gasteiger partial charge on any atom is -0.350 e. The fourth-order valence-electron chi connectivity index (χ4n) is 5.22. The Kier molecular flexibility index (Phi) is 9.06. The summed E-state index contributed by atoms with van der Waals surface area (Å²) >= 11 is 2.81. The van der Waals surface area contributed by atoms with E-state index in [2.05, 4.69) is 24.5 Å². The van der Waals surface area contributed by atoms with Crippen molar-refractivity contribution in [1.82, 2.24) is 10.4 Å². The molecule has 0 spiro atoms. The van der Waals surface area contributed by atoms with Crippen LogP contribution in [0, 0.1) is 0 Å². The van der Waals surface area contributed by atoms with Crippen molar-refractivity contribution in [3.8, 4) is 10.4 Å². The standard InChI is InChI=1S/C29H34N2O6S3/c1-2-21-6-8-22(9-7-21)24-10-11-25(39-24)29(19-26(32)30-37-27-5-3-4-16-36-27)13-14-31(15-18-40(29,34)35)28(33)23-12-17-38-20-23/h6-12,17,20,27H,2-5,13-16,18-19H2,1H3,(H,30,32)/t27?,29-/m0/s1. The molecule has 2 aliphatic rings. The van der Waals surface area contributed by atoms with E-state index in [1.807, 2.05) is 29.6 Å². The molecule has 2 aliphatic heterocycles. The van der Waals surface area contributed by atoms with E-state index in [4.69, 9.17) is 9.57 Å². The highest BCUT2D eigenvalue weighted by atomic mass is 32.2. The number of nitrogens with one attached hydrogen (secondary N) is 1. The van der Waals surface area contributed by atoms with Crippen LogP contribution in [0.15, 0.2) is 53.2 Å². The minimum atomic E-state index is -3.86. The quantitative estimate of drug-likeness (QED) is 0.358. The van der Waals surface area contributed by atoms with E-state index in [9.17, 15) is 18.0 Å². The topological polar surface area (TPSA) is 102 Å². The van der Waals surface area contributed by atoms with Crippen LogP contribution >= 0.6 is 22.7 Å². The Bertz CT molecular complexity index is 1410. The zero-order chi connectivity index (χ0) is 28.2. The first-order valence-corrected chi connectivity index (χ1v) is 17.0. The summed E-state index contributed by atoms with van der Waals surface area (Å²) in [5.74, 6) is -0.962. The first kappa shape index (κ1) is 28.9. The Hall–Kier alpha value is -2.57. The van der Waals surface area contributed by atoms with Crippen LogP contribution in [0.4, 0.5) is 0 Å². The van der Waals surface area contributed by atoms with E-state index in [0.29, 0.717) is 23.5 Å². The molecule has 2 aromatic heterocycles. The van der Waals surface area contributed by atoms with Crippen LogP contribution in [0.3, 0.4) is 0 Å². The van der Waals surface area contributed by atoms with E-state index in [-0.39, 0.29) is 37.6 Å². The van der Waals surface area contributed by atoms with Gasteiger partial charge in [0.2, 0.25) is 5.91 Å². The fourth-order valence-corrected chi connectivity index (χ4v) is 9.45. The maximum Gasteiger partial charge on any atom is 0.254 e. The predicted octanol–water partition coefficient (Wildman–Crippen LogP) is 5.16. The van der Waals surface area contributed by atoms with Gasteiger partial charge in [-0.15, -0.1) is 11.3 Å². The number of amides is 2. The van der Waals surface area contributed by atoms with Crippen molar-refractivity contribution >= 4 is 44.3 Å². The van der Waals surface area contributed by atoms with E-state index in [1.165, 1.54) is 28.2 Å². The molecule has 2 amide bonds. The molecule has 2 atom stereocenters. The number of ether oxygens (including phenoxy) is 1. The van der Waals surface area contributed by atoms with Crippen molar-refractivity contribution in [3.05, 3.63) is 69.2 Å². The van der Waals surface area contributed by atoms with Gasteiger partial charge in [-0.25, -0.2) is 18.7 Å². The van der Waals surface area contributed by atoms with Gasteiger partial charge in [0, 0.05) is 41.3 Å². The molecule has 0 radical (unpaired) electrons. The molecule has 8 nitrogen and oxygen atoms in total. The van der Waals surface area contributed by atoms with Crippen LogP contribution < -0.4 is 5.48 Å². The van der Waals surface area contributed by atoms with Gasteiger partial charge in [-0.2, -0.15) is 11.3 Å². The van der Waals surface area contributed by atoms with E-state index in [1.54, 1.807) is 16.3 Å². The summed E-state index contributed by atoms with van der Waals surface area (Å²) in [5.41, 5.74) is 5.21. The number of nitrogens with zero attached hydrogens (tertiary/aromatic N) is 1. The number of carbonyl (C=O) groups is 2. The van der Waals surface area contributed by atoms with Crippen molar-refractivity contribution < 1.29 is 27.6 Å². The average molecular weight is 603 g/mol. The van der Waals surface area contributed by atoms with Gasteiger partial charge in [0.05, 0.1) is 17.7 Å². The number of thiophene rings is 2. The highest BCUT2D eigenvalue weighted by molar-refractivity contribution is 7.92. The highest BCUT2D eigenvalue weighted by Gasteiger charge is 2.50. The number of hydroxylamine groups is 1. The second kappa shape index (κ2) is 12.5. The molecule has 214 valence electrons. The van der Waals surface area contributed by atoms with Gasteiger partial charge in [0.15, 0.2) is 16.1 Å². The summed E-state index contributed by atoms with van der Waals surface area (Å²) < 4.78 is 32.2. The molecule has 2 fully saturated rings. The third-order valence-corrected chi connectivity index (χ3v) is 12.3. The van der Waals surface area contributed by atoms with Crippen molar-refractivity contribution in [1.29, 1.82) is 0 Å². The van der Waals surface area contributed by atoms with Gasteiger partial charge in [0.1, 0.15) is 4.75 Å². The van der Waals surface area contributed by atoms with Gasteiger partial charge >= 0.3 is 0 Å². The van der Waals surface area contributed by atoms with Crippen LogP contribution in [0.1, 0.15) is 59.8 Å². The van der Waals surface area contributed by atoms with Crippen LogP contribution in [0.5, 0.6) is 0 Å². The zero-order valence-corrected chi connectivity index (χ0v) is 24.9. The second-order valence-electron chi connectivity index (χ2n) is 10.2. The smallest absolute Gasteiger partial charge is 0.254 e. The third-order valence-electron chi connectivity index (χ3n) is 7.66. The molecule has 1 N–H and O–H groups in total. The molecule has 4 heterocycles. The molecule has 1 aromatic carbocycles. The van der Waals surface area contributed by atoms with Crippen molar-refractivity contribution in [3.63, 3.8) is 0 Å². The van der Waals surface area contributed by atoms with Crippen LogP contribution in [-0.2, 0) is 35.4 Å². The number of sulfone groups is 1.